The van der Waals surface area contributed by atoms with E-state index in [1.165, 1.54) is 36.5 Å². The highest BCUT2D eigenvalue weighted by atomic mass is 32.2. The van der Waals surface area contributed by atoms with Crippen LogP contribution in [0.3, 0.4) is 0 Å². The molecule has 6 rings (SSSR count). The summed E-state index contributed by atoms with van der Waals surface area (Å²) in [5.41, 5.74) is 1.66. The van der Waals surface area contributed by atoms with Gasteiger partial charge in [0.05, 0.1) is 16.7 Å². The third-order valence-corrected chi connectivity index (χ3v) is 11.1. The molecule has 308 valence electrons. The third kappa shape index (κ3) is 9.78. The minimum absolute atomic E-state index is 0.0147. The summed E-state index contributed by atoms with van der Waals surface area (Å²) in [7, 11) is -4.53. The van der Waals surface area contributed by atoms with E-state index >= 15 is 0 Å². The van der Waals surface area contributed by atoms with Crippen LogP contribution in [0.1, 0.15) is 113 Å². The molecule has 1 aromatic heterocycles. The summed E-state index contributed by atoms with van der Waals surface area (Å²) < 4.78 is 58.4. The summed E-state index contributed by atoms with van der Waals surface area (Å²) >= 11 is 0. The van der Waals surface area contributed by atoms with Gasteiger partial charge in [0.1, 0.15) is 17.6 Å². The molecule has 0 N–H and O–H groups in total. The Balaban J connectivity index is 1.37. The molecule has 59 heavy (non-hydrogen) atoms. The minimum Gasteiger partial charge on any atom is -0.459 e. The Morgan fingerprint density at radius 1 is 0.678 bits per heavy atom. The molecule has 13 nitrogen and oxygen atoms in total. The van der Waals surface area contributed by atoms with Crippen molar-refractivity contribution >= 4 is 28.0 Å². The highest BCUT2D eigenvalue weighted by molar-refractivity contribution is 7.87. The highest BCUT2D eigenvalue weighted by Gasteiger charge is 2.52. The smallest absolute Gasteiger partial charge is 0.353 e. The summed E-state index contributed by atoms with van der Waals surface area (Å²) in [4.78, 5) is 58.0. The minimum atomic E-state index is -4.53. The molecule has 0 saturated carbocycles. The van der Waals surface area contributed by atoms with Crippen LogP contribution in [0.4, 0.5) is 0 Å². The second-order valence-electron chi connectivity index (χ2n) is 15.0. The van der Waals surface area contributed by atoms with E-state index in [1.807, 2.05) is 53.7 Å². The zero-order valence-electron chi connectivity index (χ0n) is 33.5. The molecule has 0 unspecified atom stereocenters. The maximum absolute atomic E-state index is 14.1. The van der Waals surface area contributed by atoms with Crippen LogP contribution >= 0.6 is 0 Å². The van der Waals surface area contributed by atoms with E-state index in [0.717, 1.165) is 10.1 Å². The van der Waals surface area contributed by atoms with E-state index in [-0.39, 0.29) is 39.3 Å². The van der Waals surface area contributed by atoms with Crippen molar-refractivity contribution in [2.45, 2.75) is 88.7 Å². The quantitative estimate of drug-likeness (QED) is 0.0613. The Bertz CT molecular complexity index is 2420. The van der Waals surface area contributed by atoms with E-state index in [0.29, 0.717) is 11.1 Å². The van der Waals surface area contributed by atoms with Crippen LogP contribution in [-0.4, -0.2) is 60.8 Å². The van der Waals surface area contributed by atoms with Crippen molar-refractivity contribution in [1.29, 1.82) is 0 Å². The molecular weight excluding hydrogens is 777 g/mol. The van der Waals surface area contributed by atoms with Crippen LogP contribution in [-0.2, 0) is 29.1 Å². The van der Waals surface area contributed by atoms with Gasteiger partial charge in [-0.3, -0.25) is 4.57 Å². The van der Waals surface area contributed by atoms with Crippen molar-refractivity contribution in [1.82, 2.24) is 9.55 Å². The Kier molecular flexibility index (Phi) is 13.1. The molecular formula is C45H46N2O11S. The van der Waals surface area contributed by atoms with Crippen LogP contribution in [0, 0.1) is 0 Å². The average molecular weight is 823 g/mol. The normalized spacial score (nSPS) is 17.8. The standard InChI is InChI=1S/C45H46N2O11S/c1-27(2)33-24-34(28(3)4)40(35(25-33)29(5)6)59(52,53)58-37-22-23-47(45(51)46-37)41-39(57-44(50)32-20-14-9-15-21-32)38(56-43(49)31-18-12-8-13-19-31)36(55-41)26-54-42(48)30-16-10-7-11-17-30/h7-25,27-29,36,38-39,41H,26H2,1-6H3/t36-,38-,39-,41-/m1/s1. The maximum Gasteiger partial charge on any atom is 0.353 e. The van der Waals surface area contributed by atoms with Crippen LogP contribution in [0.15, 0.2) is 125 Å². The molecule has 4 aromatic carbocycles. The lowest BCUT2D eigenvalue weighted by molar-refractivity contribution is -0.0640. The number of hydrogen-bond acceptors (Lipinski definition) is 12. The van der Waals surface area contributed by atoms with Crippen molar-refractivity contribution < 1.29 is 45.9 Å². The molecule has 0 radical (unpaired) electrons. The Labute approximate surface area is 343 Å². The number of nitrogens with zero attached hydrogens (tertiary/aromatic N) is 2. The van der Waals surface area contributed by atoms with E-state index in [4.69, 9.17) is 23.1 Å². The lowest BCUT2D eigenvalue weighted by Crippen LogP contribution is -2.42. The zero-order valence-corrected chi connectivity index (χ0v) is 34.3. The first-order valence-corrected chi connectivity index (χ1v) is 20.7. The van der Waals surface area contributed by atoms with E-state index < -0.39 is 70.7 Å². The molecule has 0 spiro atoms. The summed E-state index contributed by atoms with van der Waals surface area (Å²) in [6.07, 6.45) is -4.53. The third-order valence-electron chi connectivity index (χ3n) is 9.78. The van der Waals surface area contributed by atoms with Crippen molar-refractivity contribution in [2.75, 3.05) is 6.61 Å². The predicted octanol–water partition coefficient (Wildman–Crippen LogP) is 7.59. The first kappa shape index (κ1) is 42.5. The molecule has 2 heterocycles. The number of hydrogen-bond donors (Lipinski definition) is 0. The van der Waals surface area contributed by atoms with E-state index in [9.17, 15) is 27.6 Å². The number of esters is 3. The first-order chi connectivity index (χ1) is 28.1. The second kappa shape index (κ2) is 18.2. The number of rotatable bonds is 14. The molecule has 0 bridgehead atoms. The number of aromatic nitrogens is 2. The van der Waals surface area contributed by atoms with Gasteiger partial charge in [-0.15, -0.1) is 0 Å². The van der Waals surface area contributed by atoms with Crippen LogP contribution in [0.25, 0.3) is 0 Å². The maximum atomic E-state index is 14.1. The summed E-state index contributed by atoms with van der Waals surface area (Å²) in [6.45, 7) is 11.2. The number of carbonyl (C=O) groups is 3. The van der Waals surface area contributed by atoms with E-state index in [1.54, 1.807) is 66.7 Å². The molecule has 5 aromatic rings. The van der Waals surface area contributed by atoms with Crippen molar-refractivity contribution in [3.63, 3.8) is 0 Å². The van der Waals surface area contributed by atoms with Gasteiger partial charge in [-0.25, -0.2) is 19.2 Å². The SMILES string of the molecule is CC(C)c1cc(C(C)C)c(S(=O)(=O)Oc2ccn([C@@H]3O[C@H](COC(=O)c4ccccc4)[C@@H](OC(=O)c4ccccc4)[C@H]3OC(=O)c3ccccc3)c(=O)n2)c(C(C)C)c1. The number of carbonyl (C=O) groups excluding carboxylic acids is 3. The van der Waals surface area contributed by atoms with Crippen molar-refractivity contribution in [2.24, 2.45) is 0 Å². The van der Waals surface area contributed by atoms with Crippen molar-refractivity contribution in [3.05, 3.63) is 159 Å². The van der Waals surface area contributed by atoms with Gasteiger partial charge in [-0.05, 0) is 70.8 Å². The summed E-state index contributed by atoms with van der Waals surface area (Å²) in [5, 5.41) is 0. The lowest BCUT2D eigenvalue weighted by atomic mass is 9.89. The van der Waals surface area contributed by atoms with Gasteiger partial charge >= 0.3 is 33.7 Å². The monoisotopic (exact) mass is 822 g/mol. The van der Waals surface area contributed by atoms with Crippen LogP contribution < -0.4 is 9.87 Å². The van der Waals surface area contributed by atoms with Gasteiger partial charge in [0.25, 0.3) is 0 Å². The Morgan fingerprint density at radius 3 is 1.61 bits per heavy atom. The zero-order chi connectivity index (χ0) is 42.4. The molecule has 1 saturated heterocycles. The molecule has 0 amide bonds. The summed E-state index contributed by atoms with van der Waals surface area (Å²) in [6, 6.07) is 29.1. The van der Waals surface area contributed by atoms with Gasteiger partial charge in [-0.2, -0.15) is 13.4 Å². The van der Waals surface area contributed by atoms with Crippen LogP contribution in [0.2, 0.25) is 0 Å². The second-order valence-corrected chi connectivity index (χ2v) is 16.5. The van der Waals surface area contributed by atoms with Gasteiger partial charge in [0.2, 0.25) is 5.88 Å². The van der Waals surface area contributed by atoms with Gasteiger partial charge < -0.3 is 23.1 Å². The Hall–Kier alpha value is -6.12. The van der Waals surface area contributed by atoms with Gasteiger partial charge in [0.15, 0.2) is 18.4 Å². The number of benzene rings is 4. The first-order valence-electron chi connectivity index (χ1n) is 19.3. The molecule has 0 aliphatic carbocycles. The van der Waals surface area contributed by atoms with E-state index in [2.05, 4.69) is 4.98 Å². The molecule has 1 fully saturated rings. The number of ether oxygens (including phenoxy) is 4. The molecule has 14 heteroatoms. The fourth-order valence-electron chi connectivity index (χ4n) is 6.65. The van der Waals surface area contributed by atoms with Crippen molar-refractivity contribution in [3.8, 4) is 5.88 Å². The molecule has 1 aliphatic rings. The fourth-order valence-corrected chi connectivity index (χ4v) is 8.22. The largest absolute Gasteiger partial charge is 0.459 e. The van der Waals surface area contributed by atoms with Gasteiger partial charge in [-0.1, -0.05) is 108 Å². The molecule has 1 aliphatic heterocycles. The lowest BCUT2D eigenvalue weighted by Gasteiger charge is -2.25. The van der Waals surface area contributed by atoms with Gasteiger partial charge in [0, 0.05) is 12.3 Å². The Morgan fingerprint density at radius 2 is 1.15 bits per heavy atom. The fraction of sp³-hybridized carbons (Fsp3) is 0.311. The highest BCUT2D eigenvalue weighted by Crippen LogP contribution is 2.37. The molecule has 4 atom stereocenters. The topological polar surface area (TPSA) is 166 Å². The summed E-state index contributed by atoms with van der Waals surface area (Å²) in [5.74, 6) is -3.07. The average Bonchev–Trinajstić information content (AvgIpc) is 3.55. The van der Waals surface area contributed by atoms with Crippen LogP contribution in [0.5, 0.6) is 5.88 Å². The predicted molar refractivity (Wildman–Crippen MR) is 217 cm³/mol.